The zero-order valence-corrected chi connectivity index (χ0v) is 9.68. The highest BCUT2D eigenvalue weighted by Crippen LogP contribution is 2.25. The van der Waals surface area contributed by atoms with Crippen molar-refractivity contribution in [1.29, 1.82) is 0 Å². The van der Waals surface area contributed by atoms with Crippen LogP contribution >= 0.6 is 0 Å². The fourth-order valence-corrected chi connectivity index (χ4v) is 2.83. The molecule has 0 heterocycles. The summed E-state index contributed by atoms with van der Waals surface area (Å²) in [5.74, 6) is 0.323. The Morgan fingerprint density at radius 1 is 1.43 bits per heavy atom. The van der Waals surface area contributed by atoms with Crippen LogP contribution in [0.25, 0.3) is 0 Å². The molecule has 0 aromatic carbocycles. The predicted octanol–water partition coefficient (Wildman–Crippen LogP) is 0.442. The molecule has 2 atom stereocenters. The predicted molar refractivity (Wildman–Crippen MR) is 57.4 cm³/mol. The Labute approximate surface area is 86.3 Å². The van der Waals surface area contributed by atoms with Crippen LogP contribution in [0.1, 0.15) is 33.1 Å². The number of nitrogens with one attached hydrogen (secondary N) is 1. The molecule has 1 aliphatic carbocycles. The van der Waals surface area contributed by atoms with Gasteiger partial charge in [-0.05, 0) is 39.2 Å². The van der Waals surface area contributed by atoms with Gasteiger partial charge in [-0.1, -0.05) is 6.42 Å². The van der Waals surface area contributed by atoms with Gasteiger partial charge < -0.3 is 5.73 Å². The van der Waals surface area contributed by atoms with Crippen molar-refractivity contribution in [1.82, 2.24) is 4.72 Å². The van der Waals surface area contributed by atoms with E-state index < -0.39 is 10.0 Å². The highest BCUT2D eigenvalue weighted by atomic mass is 32.2. The normalized spacial score (nSPS) is 28.6. The van der Waals surface area contributed by atoms with Gasteiger partial charge in [-0.25, -0.2) is 13.1 Å². The molecule has 5 heteroatoms. The van der Waals surface area contributed by atoms with E-state index in [2.05, 4.69) is 4.72 Å². The number of rotatable bonds is 4. The van der Waals surface area contributed by atoms with Crippen LogP contribution in [0.3, 0.4) is 0 Å². The maximum atomic E-state index is 11.6. The van der Waals surface area contributed by atoms with Crippen LogP contribution < -0.4 is 10.5 Å². The van der Waals surface area contributed by atoms with E-state index >= 15 is 0 Å². The van der Waals surface area contributed by atoms with Crippen LogP contribution in [0.5, 0.6) is 0 Å². The van der Waals surface area contributed by atoms with E-state index in [4.69, 9.17) is 5.73 Å². The van der Waals surface area contributed by atoms with Crippen LogP contribution in [0, 0.1) is 5.92 Å². The van der Waals surface area contributed by atoms with Gasteiger partial charge in [0.1, 0.15) is 0 Å². The van der Waals surface area contributed by atoms with Crippen molar-refractivity contribution < 1.29 is 8.42 Å². The van der Waals surface area contributed by atoms with E-state index in [1.807, 2.05) is 0 Å². The van der Waals surface area contributed by atoms with Gasteiger partial charge in [-0.3, -0.25) is 0 Å². The molecule has 1 fully saturated rings. The Morgan fingerprint density at radius 3 is 2.57 bits per heavy atom. The van der Waals surface area contributed by atoms with Crippen LogP contribution in [-0.4, -0.2) is 26.3 Å². The number of nitrogens with two attached hydrogens (primary N) is 1. The molecule has 1 rings (SSSR count). The van der Waals surface area contributed by atoms with Crippen LogP contribution in [-0.2, 0) is 10.0 Å². The molecular formula is C9H20N2O2S. The van der Waals surface area contributed by atoms with Crippen LogP contribution in [0.2, 0.25) is 0 Å². The minimum Gasteiger partial charge on any atom is -0.330 e. The Bertz CT molecular complexity index is 275. The zero-order valence-electron chi connectivity index (χ0n) is 8.86. The first-order valence-electron chi connectivity index (χ1n) is 5.18. The van der Waals surface area contributed by atoms with E-state index in [1.54, 1.807) is 13.8 Å². The minimum atomic E-state index is -3.13. The molecule has 0 radical (unpaired) electrons. The molecule has 0 spiro atoms. The summed E-state index contributed by atoms with van der Waals surface area (Å²) in [6.45, 7) is 3.95. The summed E-state index contributed by atoms with van der Waals surface area (Å²) in [5.41, 5.74) is 5.58. The van der Waals surface area contributed by atoms with Crippen molar-refractivity contribution in [3.05, 3.63) is 0 Å². The van der Waals surface area contributed by atoms with Gasteiger partial charge in [-0.2, -0.15) is 0 Å². The quantitative estimate of drug-likeness (QED) is 0.722. The molecule has 0 bridgehead atoms. The summed E-state index contributed by atoms with van der Waals surface area (Å²) < 4.78 is 25.9. The molecule has 0 aromatic rings. The average molecular weight is 220 g/mol. The Kier molecular flexibility index (Phi) is 3.92. The van der Waals surface area contributed by atoms with Crippen molar-refractivity contribution in [2.24, 2.45) is 11.7 Å². The second kappa shape index (κ2) is 4.59. The minimum absolute atomic E-state index is 0.0624. The molecule has 1 saturated carbocycles. The van der Waals surface area contributed by atoms with Gasteiger partial charge in [0.2, 0.25) is 10.0 Å². The topological polar surface area (TPSA) is 72.2 Å². The molecular weight excluding hydrogens is 200 g/mol. The number of sulfonamides is 1. The summed E-state index contributed by atoms with van der Waals surface area (Å²) in [4.78, 5) is 0. The van der Waals surface area contributed by atoms with Crippen LogP contribution in [0.15, 0.2) is 0 Å². The van der Waals surface area contributed by atoms with Crippen molar-refractivity contribution >= 4 is 10.0 Å². The maximum absolute atomic E-state index is 11.6. The van der Waals surface area contributed by atoms with E-state index in [0.29, 0.717) is 12.5 Å². The van der Waals surface area contributed by atoms with Gasteiger partial charge >= 0.3 is 0 Å². The largest absolute Gasteiger partial charge is 0.330 e. The van der Waals surface area contributed by atoms with Gasteiger partial charge in [-0.15, -0.1) is 0 Å². The third kappa shape index (κ3) is 2.68. The second-order valence-electron chi connectivity index (χ2n) is 4.24. The molecule has 3 N–H and O–H groups in total. The van der Waals surface area contributed by atoms with Crippen molar-refractivity contribution in [3.8, 4) is 0 Å². The molecule has 84 valence electrons. The standard InChI is InChI=1S/C9H20N2O2S/c1-7(2)14(12,13)11-9-5-3-4-8(9)6-10/h7-9,11H,3-6,10H2,1-2H3. The lowest BCUT2D eigenvalue weighted by Gasteiger charge is -2.20. The Balaban J connectivity index is 2.60. The van der Waals surface area contributed by atoms with Gasteiger partial charge in [0.25, 0.3) is 0 Å². The molecule has 1 aliphatic rings. The maximum Gasteiger partial charge on any atom is 0.214 e. The summed E-state index contributed by atoms with van der Waals surface area (Å²) in [6, 6.07) is 0.0624. The summed E-state index contributed by atoms with van der Waals surface area (Å²) in [5, 5.41) is -0.360. The van der Waals surface area contributed by atoms with E-state index in [-0.39, 0.29) is 11.3 Å². The lowest BCUT2D eigenvalue weighted by molar-refractivity contribution is 0.451. The SMILES string of the molecule is CC(C)S(=O)(=O)NC1CCCC1CN. The first-order chi connectivity index (χ1) is 6.47. The number of hydrogen-bond acceptors (Lipinski definition) is 3. The number of hydrogen-bond donors (Lipinski definition) is 2. The van der Waals surface area contributed by atoms with E-state index in [0.717, 1.165) is 19.3 Å². The zero-order chi connectivity index (χ0) is 10.8. The first-order valence-corrected chi connectivity index (χ1v) is 6.73. The van der Waals surface area contributed by atoms with Gasteiger partial charge in [0.15, 0.2) is 0 Å². The molecule has 0 amide bonds. The highest BCUT2D eigenvalue weighted by Gasteiger charge is 2.30. The Morgan fingerprint density at radius 2 is 2.07 bits per heavy atom. The molecule has 2 unspecified atom stereocenters. The van der Waals surface area contributed by atoms with Gasteiger partial charge in [0.05, 0.1) is 5.25 Å². The van der Waals surface area contributed by atoms with Crippen molar-refractivity contribution in [2.75, 3.05) is 6.54 Å². The third-order valence-corrected chi connectivity index (χ3v) is 4.77. The lowest BCUT2D eigenvalue weighted by atomic mass is 10.1. The molecule has 0 saturated heterocycles. The monoisotopic (exact) mass is 220 g/mol. The third-order valence-electron chi connectivity index (χ3n) is 2.90. The van der Waals surface area contributed by atoms with Crippen molar-refractivity contribution in [3.63, 3.8) is 0 Å². The molecule has 4 nitrogen and oxygen atoms in total. The lowest BCUT2D eigenvalue weighted by Crippen LogP contribution is -2.42. The highest BCUT2D eigenvalue weighted by molar-refractivity contribution is 7.90. The van der Waals surface area contributed by atoms with Crippen LogP contribution in [0.4, 0.5) is 0 Å². The smallest absolute Gasteiger partial charge is 0.214 e. The summed E-state index contributed by atoms with van der Waals surface area (Å²) in [7, 11) is -3.13. The van der Waals surface area contributed by atoms with E-state index in [9.17, 15) is 8.42 Å². The summed E-state index contributed by atoms with van der Waals surface area (Å²) in [6.07, 6.45) is 3.04. The first kappa shape index (κ1) is 11.9. The van der Waals surface area contributed by atoms with Crippen molar-refractivity contribution in [2.45, 2.75) is 44.4 Å². The Hall–Kier alpha value is -0.130. The average Bonchev–Trinajstić information content (AvgIpc) is 2.50. The van der Waals surface area contributed by atoms with Gasteiger partial charge in [0, 0.05) is 6.04 Å². The summed E-state index contributed by atoms with van der Waals surface area (Å²) >= 11 is 0. The fraction of sp³-hybridized carbons (Fsp3) is 1.00. The van der Waals surface area contributed by atoms with E-state index in [1.165, 1.54) is 0 Å². The molecule has 14 heavy (non-hydrogen) atoms. The molecule has 0 aromatic heterocycles. The fourth-order valence-electron chi connectivity index (χ4n) is 1.82. The second-order valence-corrected chi connectivity index (χ2v) is 6.51. The molecule has 0 aliphatic heterocycles.